The van der Waals surface area contributed by atoms with E-state index in [1.54, 1.807) is 6.07 Å². The zero-order valence-corrected chi connectivity index (χ0v) is 19.4. The zero-order valence-electron chi connectivity index (χ0n) is 18.6. The van der Waals surface area contributed by atoms with Crippen LogP contribution in [0.15, 0.2) is 72.8 Å². The monoisotopic (exact) mass is 453 g/mol. The maximum Gasteiger partial charge on any atom is 0.348 e. The average molecular weight is 454 g/mol. The number of aryl methyl sites for hydroxylation is 1. The lowest BCUT2D eigenvalue weighted by Crippen LogP contribution is -2.39. The summed E-state index contributed by atoms with van der Waals surface area (Å²) >= 11 is 1.45. The number of nitrogens with zero attached hydrogens (tertiary/aromatic N) is 1. The van der Waals surface area contributed by atoms with Crippen molar-refractivity contribution in [3.8, 4) is 0 Å². The van der Waals surface area contributed by atoms with Crippen LogP contribution in [-0.4, -0.2) is 47.3 Å². The molecule has 0 aliphatic carbocycles. The van der Waals surface area contributed by atoms with Gasteiger partial charge in [0.25, 0.3) is 0 Å². The van der Waals surface area contributed by atoms with Crippen LogP contribution in [0.5, 0.6) is 0 Å². The van der Waals surface area contributed by atoms with Gasteiger partial charge in [-0.15, -0.1) is 11.3 Å². The second-order valence-corrected chi connectivity index (χ2v) is 9.12. The molecule has 2 aromatic carbocycles. The Morgan fingerprint density at radius 1 is 0.906 bits per heavy atom. The number of aliphatic hydroxyl groups is 2. The molecule has 0 amide bonds. The minimum atomic E-state index is -0.644. The number of carbonyl (C=O) groups is 1. The van der Waals surface area contributed by atoms with E-state index in [0.717, 1.165) is 28.8 Å². The van der Waals surface area contributed by atoms with Crippen molar-refractivity contribution in [3.63, 3.8) is 0 Å². The lowest BCUT2D eigenvalue weighted by atomic mass is 10.0. The Morgan fingerprint density at radius 2 is 1.44 bits per heavy atom. The molecule has 3 rings (SSSR count). The summed E-state index contributed by atoms with van der Waals surface area (Å²) in [5.41, 5.74) is 1.72. The average Bonchev–Trinajstić information content (AvgIpc) is 3.31. The van der Waals surface area contributed by atoms with E-state index in [-0.39, 0.29) is 12.0 Å². The highest BCUT2D eigenvalue weighted by Gasteiger charge is 2.22. The second-order valence-electron chi connectivity index (χ2n) is 7.95. The van der Waals surface area contributed by atoms with E-state index in [1.807, 2.05) is 66.7 Å². The number of hydrogen-bond acceptors (Lipinski definition) is 6. The van der Waals surface area contributed by atoms with Crippen molar-refractivity contribution in [2.45, 2.75) is 38.0 Å². The third-order valence-corrected chi connectivity index (χ3v) is 6.79. The number of rotatable bonds is 11. The predicted molar refractivity (Wildman–Crippen MR) is 128 cm³/mol. The summed E-state index contributed by atoms with van der Waals surface area (Å²) in [4.78, 5) is 15.6. The fourth-order valence-electron chi connectivity index (χ4n) is 3.70. The summed E-state index contributed by atoms with van der Waals surface area (Å²) in [5.74, 6) is -0.312. The van der Waals surface area contributed by atoms with Crippen molar-refractivity contribution < 1.29 is 19.7 Å². The highest BCUT2D eigenvalue weighted by atomic mass is 32.1. The summed E-state index contributed by atoms with van der Waals surface area (Å²) in [5, 5.41) is 21.7. The molecule has 0 saturated carbocycles. The first-order valence-corrected chi connectivity index (χ1v) is 11.7. The van der Waals surface area contributed by atoms with Crippen LogP contribution in [0.2, 0.25) is 0 Å². The molecule has 0 saturated heterocycles. The van der Waals surface area contributed by atoms with Gasteiger partial charge in [-0.1, -0.05) is 60.7 Å². The molecule has 3 atom stereocenters. The van der Waals surface area contributed by atoms with Gasteiger partial charge in [0.2, 0.25) is 0 Å². The zero-order chi connectivity index (χ0) is 22.9. The van der Waals surface area contributed by atoms with Crippen molar-refractivity contribution >= 4 is 17.3 Å². The molecule has 5 nitrogen and oxygen atoms in total. The molecule has 3 aromatic rings. The number of ether oxygens (including phenoxy) is 1. The molecule has 0 fully saturated rings. The van der Waals surface area contributed by atoms with Crippen LogP contribution in [0.4, 0.5) is 0 Å². The molecule has 6 heteroatoms. The van der Waals surface area contributed by atoms with Gasteiger partial charge in [0.1, 0.15) is 4.88 Å². The minimum absolute atomic E-state index is 0.121. The first-order valence-electron chi connectivity index (χ1n) is 10.8. The Balaban J connectivity index is 1.68. The fraction of sp³-hybridized carbons (Fsp3) is 0.346. The number of esters is 1. The SMILES string of the molecule is COC(=O)c1ccc(CC[C@H](C)N(C[C@@H](O)c2ccccc2)C[C@@H](O)c2ccccc2)s1. The van der Waals surface area contributed by atoms with Crippen molar-refractivity contribution in [2.24, 2.45) is 0 Å². The Morgan fingerprint density at radius 3 is 1.94 bits per heavy atom. The molecule has 1 heterocycles. The number of benzene rings is 2. The molecular weight excluding hydrogens is 422 g/mol. The van der Waals surface area contributed by atoms with Gasteiger partial charge >= 0.3 is 5.97 Å². The van der Waals surface area contributed by atoms with Crippen molar-refractivity contribution in [1.29, 1.82) is 0 Å². The molecule has 32 heavy (non-hydrogen) atoms. The standard InChI is InChI=1S/C26H31NO4S/c1-19(13-14-22-15-16-25(32-22)26(30)31-2)27(17-23(28)20-9-5-3-6-10-20)18-24(29)21-11-7-4-8-12-21/h3-12,15-16,19,23-24,28-29H,13-14,17-18H2,1-2H3/t19-,23+,24+/m0/s1. The number of hydrogen-bond donors (Lipinski definition) is 2. The van der Waals surface area contributed by atoms with Crippen LogP contribution >= 0.6 is 11.3 Å². The lowest BCUT2D eigenvalue weighted by Gasteiger charge is -2.33. The van der Waals surface area contributed by atoms with Crippen LogP contribution in [0.25, 0.3) is 0 Å². The Kier molecular flexibility index (Phi) is 9.00. The van der Waals surface area contributed by atoms with Gasteiger partial charge in [-0.2, -0.15) is 0 Å². The highest BCUT2D eigenvalue weighted by molar-refractivity contribution is 7.13. The van der Waals surface area contributed by atoms with Crippen molar-refractivity contribution in [2.75, 3.05) is 20.2 Å². The summed E-state index contributed by atoms with van der Waals surface area (Å²) in [6, 6.07) is 23.1. The van der Waals surface area contributed by atoms with Crippen LogP contribution in [0.1, 0.15) is 51.2 Å². The first-order chi connectivity index (χ1) is 15.5. The summed E-state index contributed by atoms with van der Waals surface area (Å²) in [6.45, 7) is 2.96. The lowest BCUT2D eigenvalue weighted by molar-refractivity contribution is 0.0461. The van der Waals surface area contributed by atoms with Crippen LogP contribution in [0, 0.1) is 0 Å². The summed E-state index contributed by atoms with van der Waals surface area (Å²) in [6.07, 6.45) is 0.357. The van der Waals surface area contributed by atoms with Gasteiger partial charge in [-0.25, -0.2) is 4.79 Å². The van der Waals surface area contributed by atoms with Crippen LogP contribution in [-0.2, 0) is 11.2 Å². The smallest absolute Gasteiger partial charge is 0.348 e. The van der Waals surface area contributed by atoms with E-state index in [4.69, 9.17) is 4.74 Å². The topological polar surface area (TPSA) is 70.0 Å². The molecule has 0 aliphatic heterocycles. The Bertz CT molecular complexity index is 913. The quantitative estimate of drug-likeness (QED) is 0.415. The van der Waals surface area contributed by atoms with E-state index >= 15 is 0 Å². The maximum absolute atomic E-state index is 11.7. The van der Waals surface area contributed by atoms with E-state index < -0.39 is 12.2 Å². The molecule has 0 unspecified atom stereocenters. The van der Waals surface area contributed by atoms with Gasteiger partial charge in [0.15, 0.2) is 0 Å². The largest absolute Gasteiger partial charge is 0.465 e. The Hall–Kier alpha value is -2.51. The molecule has 0 bridgehead atoms. The highest BCUT2D eigenvalue weighted by Crippen LogP contribution is 2.24. The normalized spacial score (nSPS) is 14.2. The molecule has 0 radical (unpaired) electrons. The molecule has 170 valence electrons. The van der Waals surface area contributed by atoms with E-state index in [0.29, 0.717) is 18.0 Å². The maximum atomic E-state index is 11.7. The molecule has 0 spiro atoms. The number of methoxy groups -OCH3 is 1. The minimum Gasteiger partial charge on any atom is -0.465 e. The molecule has 1 aromatic heterocycles. The van der Waals surface area contributed by atoms with Gasteiger partial charge in [-0.05, 0) is 43.0 Å². The molecule has 2 N–H and O–H groups in total. The van der Waals surface area contributed by atoms with Gasteiger partial charge < -0.3 is 14.9 Å². The second kappa shape index (κ2) is 11.9. The number of carbonyl (C=O) groups excluding carboxylic acids is 1. The van der Waals surface area contributed by atoms with Gasteiger partial charge in [-0.3, -0.25) is 4.90 Å². The Labute approximate surface area is 193 Å². The summed E-state index contributed by atoms with van der Waals surface area (Å²) < 4.78 is 4.79. The third-order valence-electron chi connectivity index (χ3n) is 5.66. The number of aliphatic hydroxyl groups excluding tert-OH is 2. The first kappa shape index (κ1) is 24.1. The van der Waals surface area contributed by atoms with Crippen LogP contribution < -0.4 is 0 Å². The van der Waals surface area contributed by atoms with E-state index in [2.05, 4.69) is 11.8 Å². The summed E-state index contributed by atoms with van der Waals surface area (Å²) in [7, 11) is 1.39. The van der Waals surface area contributed by atoms with E-state index in [1.165, 1.54) is 18.4 Å². The van der Waals surface area contributed by atoms with Gasteiger partial charge in [0.05, 0.1) is 19.3 Å². The third kappa shape index (κ3) is 6.74. The van der Waals surface area contributed by atoms with Crippen molar-refractivity contribution in [3.05, 3.63) is 93.7 Å². The van der Waals surface area contributed by atoms with Crippen molar-refractivity contribution in [1.82, 2.24) is 4.90 Å². The fourth-order valence-corrected chi connectivity index (χ4v) is 4.64. The van der Waals surface area contributed by atoms with Gasteiger partial charge in [0, 0.05) is 24.0 Å². The molecule has 0 aliphatic rings. The number of thiophene rings is 1. The predicted octanol–water partition coefficient (Wildman–Crippen LogP) is 4.63. The van der Waals surface area contributed by atoms with Crippen LogP contribution in [0.3, 0.4) is 0 Å². The van der Waals surface area contributed by atoms with E-state index in [9.17, 15) is 15.0 Å². The molecular formula is C26H31NO4S.